The summed E-state index contributed by atoms with van der Waals surface area (Å²) in [5.74, 6) is -2.45. The maximum Gasteiger partial charge on any atom is 0.315 e. The topological polar surface area (TPSA) is 89.6 Å². The zero-order chi connectivity index (χ0) is 22.0. The number of carboxylic acid groups (broad SMARTS) is 1. The number of esters is 1. The van der Waals surface area contributed by atoms with Crippen molar-refractivity contribution in [2.24, 2.45) is 5.73 Å². The smallest absolute Gasteiger partial charge is 0.315 e. The number of nitrogens with two attached hydrogens (primary N) is 1. The van der Waals surface area contributed by atoms with E-state index in [1.165, 1.54) is 0 Å². The fraction of sp³-hybridized carbons (Fsp3) is 0.231. The van der Waals surface area contributed by atoms with Crippen molar-refractivity contribution < 1.29 is 19.4 Å². The number of carbonyl (C=O) groups excluding carboxylic acids is 1. The van der Waals surface area contributed by atoms with Gasteiger partial charge in [0.25, 0.3) is 0 Å². The number of hydrogen-bond acceptors (Lipinski definition) is 4. The Kier molecular flexibility index (Phi) is 5.87. The SMILES string of the molecule is Cc1ccccc1C(C(=O)OCC1c2ccccc2-c2ccccc21)[C@H](N)CC(=O)O. The van der Waals surface area contributed by atoms with Crippen LogP contribution in [0.3, 0.4) is 0 Å². The zero-order valence-corrected chi connectivity index (χ0v) is 17.3. The molecule has 0 aliphatic heterocycles. The predicted molar refractivity (Wildman–Crippen MR) is 119 cm³/mol. The van der Waals surface area contributed by atoms with Gasteiger partial charge in [-0.1, -0.05) is 72.8 Å². The number of hydrogen-bond donors (Lipinski definition) is 2. The van der Waals surface area contributed by atoms with E-state index in [-0.39, 0.29) is 18.9 Å². The van der Waals surface area contributed by atoms with Gasteiger partial charge in [0, 0.05) is 12.0 Å². The molecule has 0 bridgehead atoms. The van der Waals surface area contributed by atoms with E-state index >= 15 is 0 Å². The Bertz CT molecular complexity index is 1080. The highest BCUT2D eigenvalue weighted by atomic mass is 16.5. The average molecular weight is 415 g/mol. The molecule has 0 fully saturated rings. The lowest BCUT2D eigenvalue weighted by Gasteiger charge is -2.24. The normalized spacial score (nSPS) is 14.4. The van der Waals surface area contributed by atoms with Crippen LogP contribution in [0.1, 0.15) is 40.5 Å². The summed E-state index contributed by atoms with van der Waals surface area (Å²) >= 11 is 0. The molecule has 158 valence electrons. The van der Waals surface area contributed by atoms with Crippen LogP contribution in [-0.4, -0.2) is 29.7 Å². The van der Waals surface area contributed by atoms with Crippen molar-refractivity contribution in [3.05, 3.63) is 95.1 Å². The van der Waals surface area contributed by atoms with E-state index < -0.39 is 23.9 Å². The summed E-state index contributed by atoms with van der Waals surface area (Å²) in [7, 11) is 0. The van der Waals surface area contributed by atoms with Crippen LogP contribution in [0.2, 0.25) is 0 Å². The van der Waals surface area contributed by atoms with Gasteiger partial charge in [-0.25, -0.2) is 0 Å². The van der Waals surface area contributed by atoms with Gasteiger partial charge in [0.05, 0.1) is 12.3 Å². The van der Waals surface area contributed by atoms with Gasteiger partial charge < -0.3 is 15.6 Å². The van der Waals surface area contributed by atoms with Gasteiger partial charge in [-0.15, -0.1) is 0 Å². The Hall–Kier alpha value is -3.44. The van der Waals surface area contributed by atoms with Crippen LogP contribution in [-0.2, 0) is 14.3 Å². The minimum atomic E-state index is -1.04. The van der Waals surface area contributed by atoms with Gasteiger partial charge in [0.1, 0.15) is 6.61 Å². The zero-order valence-electron chi connectivity index (χ0n) is 17.3. The summed E-state index contributed by atoms with van der Waals surface area (Å²) in [4.78, 5) is 24.5. The van der Waals surface area contributed by atoms with Crippen LogP contribution < -0.4 is 5.73 Å². The average Bonchev–Trinajstić information content (AvgIpc) is 3.07. The minimum Gasteiger partial charge on any atom is -0.481 e. The maximum absolute atomic E-state index is 13.2. The van der Waals surface area contributed by atoms with E-state index in [4.69, 9.17) is 10.5 Å². The highest BCUT2D eigenvalue weighted by molar-refractivity contribution is 5.82. The predicted octanol–water partition coefficient (Wildman–Crippen LogP) is 4.24. The Balaban J connectivity index is 1.60. The summed E-state index contributed by atoms with van der Waals surface area (Å²) in [6, 6.07) is 22.7. The number of aliphatic carboxylic acids is 1. The van der Waals surface area contributed by atoms with E-state index in [2.05, 4.69) is 24.3 Å². The van der Waals surface area contributed by atoms with Crippen molar-refractivity contribution in [1.82, 2.24) is 0 Å². The molecule has 4 rings (SSSR count). The molecule has 0 spiro atoms. The number of fused-ring (bicyclic) bond motifs is 3. The highest BCUT2D eigenvalue weighted by Crippen LogP contribution is 2.44. The monoisotopic (exact) mass is 415 g/mol. The lowest BCUT2D eigenvalue weighted by Crippen LogP contribution is -2.37. The number of ether oxygens (including phenoxy) is 1. The van der Waals surface area contributed by atoms with Gasteiger partial charge >= 0.3 is 11.9 Å². The maximum atomic E-state index is 13.2. The van der Waals surface area contributed by atoms with Crippen molar-refractivity contribution in [3.8, 4) is 11.1 Å². The van der Waals surface area contributed by atoms with Crippen molar-refractivity contribution in [1.29, 1.82) is 0 Å². The van der Waals surface area contributed by atoms with Crippen LogP contribution in [0.5, 0.6) is 0 Å². The number of carboxylic acids is 1. The van der Waals surface area contributed by atoms with Crippen molar-refractivity contribution in [2.75, 3.05) is 6.61 Å². The molecule has 3 N–H and O–H groups in total. The fourth-order valence-corrected chi connectivity index (χ4v) is 4.48. The van der Waals surface area contributed by atoms with Crippen LogP contribution in [0.15, 0.2) is 72.8 Å². The molecule has 2 atom stereocenters. The molecule has 0 heterocycles. The number of rotatable bonds is 7. The van der Waals surface area contributed by atoms with Crippen molar-refractivity contribution in [3.63, 3.8) is 0 Å². The van der Waals surface area contributed by atoms with E-state index in [1.807, 2.05) is 55.5 Å². The Labute approximate surface area is 181 Å². The van der Waals surface area contributed by atoms with Crippen LogP contribution in [0.25, 0.3) is 11.1 Å². The van der Waals surface area contributed by atoms with Crippen LogP contribution >= 0.6 is 0 Å². The molecular formula is C26H25NO4. The number of carbonyl (C=O) groups is 2. The summed E-state index contributed by atoms with van der Waals surface area (Å²) < 4.78 is 5.80. The van der Waals surface area contributed by atoms with Crippen LogP contribution in [0.4, 0.5) is 0 Å². The molecule has 0 amide bonds. The third-order valence-electron chi connectivity index (χ3n) is 5.97. The van der Waals surface area contributed by atoms with Gasteiger partial charge in [0.2, 0.25) is 0 Å². The molecule has 5 nitrogen and oxygen atoms in total. The summed E-state index contributed by atoms with van der Waals surface area (Å²) in [5.41, 5.74) is 12.3. The lowest BCUT2D eigenvalue weighted by molar-refractivity contribution is -0.146. The fourth-order valence-electron chi connectivity index (χ4n) is 4.48. The van der Waals surface area contributed by atoms with Crippen molar-refractivity contribution >= 4 is 11.9 Å². The molecule has 0 aromatic heterocycles. The Morgan fingerprint density at radius 3 is 2.06 bits per heavy atom. The van der Waals surface area contributed by atoms with Gasteiger partial charge in [-0.3, -0.25) is 9.59 Å². The summed E-state index contributed by atoms with van der Waals surface area (Å²) in [6.07, 6.45) is -0.316. The van der Waals surface area contributed by atoms with Crippen LogP contribution in [0, 0.1) is 6.92 Å². The molecule has 31 heavy (non-hydrogen) atoms. The third kappa shape index (κ3) is 4.09. The summed E-state index contributed by atoms with van der Waals surface area (Å²) in [5, 5.41) is 9.22. The molecule has 1 aliphatic rings. The molecule has 5 heteroatoms. The second-order valence-electron chi connectivity index (χ2n) is 7.95. The highest BCUT2D eigenvalue weighted by Gasteiger charge is 2.34. The first-order valence-electron chi connectivity index (χ1n) is 10.3. The number of aryl methyl sites for hydroxylation is 1. The molecule has 1 unspecified atom stereocenters. The number of benzene rings is 3. The molecule has 1 aliphatic carbocycles. The molecule has 3 aromatic rings. The molecule has 0 radical (unpaired) electrons. The first-order valence-corrected chi connectivity index (χ1v) is 10.3. The third-order valence-corrected chi connectivity index (χ3v) is 5.97. The first-order chi connectivity index (χ1) is 15.0. The van der Waals surface area contributed by atoms with E-state index in [1.54, 1.807) is 0 Å². The molecule has 0 saturated carbocycles. The summed E-state index contributed by atoms with van der Waals surface area (Å²) in [6.45, 7) is 2.06. The van der Waals surface area contributed by atoms with E-state index in [0.717, 1.165) is 27.8 Å². The Morgan fingerprint density at radius 1 is 0.935 bits per heavy atom. The van der Waals surface area contributed by atoms with Gasteiger partial charge in [-0.05, 0) is 40.3 Å². The molecular weight excluding hydrogens is 390 g/mol. The van der Waals surface area contributed by atoms with E-state index in [0.29, 0.717) is 5.56 Å². The quantitative estimate of drug-likeness (QED) is 0.564. The minimum absolute atomic E-state index is 0.0652. The van der Waals surface area contributed by atoms with Gasteiger partial charge in [0.15, 0.2) is 0 Å². The second-order valence-corrected chi connectivity index (χ2v) is 7.95. The molecule has 0 saturated heterocycles. The lowest BCUT2D eigenvalue weighted by atomic mass is 9.87. The van der Waals surface area contributed by atoms with Gasteiger partial charge in [-0.2, -0.15) is 0 Å². The standard InChI is InChI=1S/C26H25NO4/c1-16-8-2-3-9-17(16)25(23(27)14-24(28)29)26(30)31-15-22-20-12-6-4-10-18(20)19-11-5-7-13-21(19)22/h2-13,22-23,25H,14-15,27H2,1H3,(H,28,29)/t23-,25?/m1/s1. The Morgan fingerprint density at radius 2 is 1.48 bits per heavy atom. The van der Waals surface area contributed by atoms with Crippen molar-refractivity contribution in [2.45, 2.75) is 31.2 Å². The molecule has 3 aromatic carbocycles. The van der Waals surface area contributed by atoms with E-state index in [9.17, 15) is 14.7 Å². The first kappa shape index (κ1) is 20.8. The largest absolute Gasteiger partial charge is 0.481 e. The second kappa shape index (κ2) is 8.74.